The van der Waals surface area contributed by atoms with Gasteiger partial charge in [-0.2, -0.15) is 0 Å². The van der Waals surface area contributed by atoms with Crippen molar-refractivity contribution in [2.45, 2.75) is 45.1 Å². The van der Waals surface area contributed by atoms with Gasteiger partial charge in [-0.25, -0.2) is 4.68 Å². The van der Waals surface area contributed by atoms with Gasteiger partial charge in [0.25, 0.3) is 5.91 Å². The third-order valence-electron chi connectivity index (χ3n) is 3.61. The van der Waals surface area contributed by atoms with E-state index in [0.29, 0.717) is 24.1 Å². The number of carbonyl (C=O) groups excluding carboxylic acids is 1. The summed E-state index contributed by atoms with van der Waals surface area (Å²) in [7, 11) is 0. The van der Waals surface area contributed by atoms with Gasteiger partial charge in [0.15, 0.2) is 5.69 Å². The Kier molecular flexibility index (Phi) is 3.96. The first-order chi connectivity index (χ1) is 8.63. The lowest BCUT2D eigenvalue weighted by atomic mass is 9.82. The Labute approximate surface area is 106 Å². The van der Waals surface area contributed by atoms with Crippen LogP contribution in [-0.4, -0.2) is 32.6 Å². The van der Waals surface area contributed by atoms with Gasteiger partial charge in [0.05, 0.1) is 5.69 Å². The van der Waals surface area contributed by atoms with Crippen LogP contribution >= 0.6 is 0 Å². The fourth-order valence-corrected chi connectivity index (χ4v) is 2.32. The molecular formula is C12H20N4O2. The Balaban J connectivity index is 2.21. The van der Waals surface area contributed by atoms with Crippen LogP contribution in [0.1, 0.15) is 54.7 Å². The molecule has 1 aliphatic carbocycles. The second-order valence-electron chi connectivity index (χ2n) is 5.11. The third kappa shape index (κ3) is 2.53. The van der Waals surface area contributed by atoms with Crippen LogP contribution < -0.4 is 5.73 Å². The molecule has 1 aromatic heterocycles. The number of amides is 1. The fourth-order valence-electron chi connectivity index (χ4n) is 2.32. The van der Waals surface area contributed by atoms with Gasteiger partial charge in [0.1, 0.15) is 0 Å². The van der Waals surface area contributed by atoms with Crippen LogP contribution in [0.15, 0.2) is 0 Å². The molecule has 1 saturated carbocycles. The second kappa shape index (κ2) is 5.48. The van der Waals surface area contributed by atoms with Crippen molar-refractivity contribution in [1.29, 1.82) is 0 Å². The van der Waals surface area contributed by atoms with Crippen LogP contribution in [0.25, 0.3) is 0 Å². The highest BCUT2D eigenvalue weighted by atomic mass is 16.3. The number of aromatic nitrogens is 3. The molecule has 1 aliphatic rings. The summed E-state index contributed by atoms with van der Waals surface area (Å²) in [4.78, 5) is 11.4. The van der Waals surface area contributed by atoms with E-state index < -0.39 is 5.91 Å². The highest BCUT2D eigenvalue weighted by Gasteiger charge is 2.29. The second-order valence-corrected chi connectivity index (χ2v) is 5.11. The molecule has 0 spiro atoms. The van der Waals surface area contributed by atoms with E-state index in [1.807, 2.05) is 6.92 Å². The van der Waals surface area contributed by atoms with Gasteiger partial charge in [0.2, 0.25) is 0 Å². The summed E-state index contributed by atoms with van der Waals surface area (Å²) in [5, 5.41) is 16.9. The van der Waals surface area contributed by atoms with Crippen molar-refractivity contribution in [3.8, 4) is 0 Å². The molecule has 1 aromatic rings. The quantitative estimate of drug-likeness (QED) is 0.777. The molecule has 1 heterocycles. The normalized spacial score (nSPS) is 17.4. The number of primary amides is 1. The number of aliphatic hydroxyl groups excluding tert-OH is 1. The van der Waals surface area contributed by atoms with Crippen molar-refractivity contribution >= 4 is 5.91 Å². The van der Waals surface area contributed by atoms with Gasteiger partial charge in [-0.05, 0) is 25.2 Å². The molecule has 0 aromatic carbocycles. The highest BCUT2D eigenvalue weighted by Crippen LogP contribution is 2.37. The molecule has 100 valence electrons. The Bertz CT molecular complexity index is 426. The summed E-state index contributed by atoms with van der Waals surface area (Å²) in [6, 6.07) is 0. The molecule has 6 nitrogen and oxygen atoms in total. The number of nitrogens with two attached hydrogens (primary N) is 1. The van der Waals surface area contributed by atoms with E-state index in [1.165, 1.54) is 6.42 Å². The molecular weight excluding hydrogens is 232 g/mol. The maximum Gasteiger partial charge on any atom is 0.271 e. The van der Waals surface area contributed by atoms with Crippen LogP contribution in [0.2, 0.25) is 0 Å². The van der Waals surface area contributed by atoms with Gasteiger partial charge < -0.3 is 10.8 Å². The van der Waals surface area contributed by atoms with E-state index in [1.54, 1.807) is 4.68 Å². The average molecular weight is 252 g/mol. The number of aliphatic hydroxyl groups is 1. The predicted octanol–water partition coefficient (Wildman–Crippen LogP) is 0.663. The molecule has 3 N–H and O–H groups in total. The molecule has 18 heavy (non-hydrogen) atoms. The monoisotopic (exact) mass is 252 g/mol. The molecule has 1 amide bonds. The largest absolute Gasteiger partial charge is 0.396 e. The van der Waals surface area contributed by atoms with E-state index in [-0.39, 0.29) is 6.61 Å². The summed E-state index contributed by atoms with van der Waals surface area (Å²) in [6.07, 6.45) is 4.04. The summed E-state index contributed by atoms with van der Waals surface area (Å²) in [5.41, 5.74) is 6.54. The SMILES string of the molecule is CC(CCO)Cn1nnc(C(N)=O)c1C1CCC1. The summed E-state index contributed by atoms with van der Waals surface area (Å²) in [5.74, 6) is 0.165. The Hall–Kier alpha value is -1.43. The fraction of sp³-hybridized carbons (Fsp3) is 0.750. The van der Waals surface area contributed by atoms with Crippen molar-refractivity contribution < 1.29 is 9.90 Å². The first kappa shape index (κ1) is 13.0. The van der Waals surface area contributed by atoms with Crippen molar-refractivity contribution in [3.63, 3.8) is 0 Å². The molecule has 0 saturated heterocycles. The minimum atomic E-state index is -0.502. The number of carbonyl (C=O) groups is 1. The number of nitrogens with zero attached hydrogens (tertiary/aromatic N) is 3. The lowest BCUT2D eigenvalue weighted by Gasteiger charge is -2.26. The first-order valence-corrected chi connectivity index (χ1v) is 6.47. The van der Waals surface area contributed by atoms with Crippen LogP contribution in [0.3, 0.4) is 0 Å². The molecule has 2 rings (SSSR count). The third-order valence-corrected chi connectivity index (χ3v) is 3.61. The standard InChI is InChI=1S/C12H20N4O2/c1-8(5-6-17)7-16-11(9-3-2-4-9)10(12(13)18)14-15-16/h8-9,17H,2-7H2,1H3,(H2,13,18). The molecule has 1 unspecified atom stereocenters. The van der Waals surface area contributed by atoms with Crippen molar-refractivity contribution in [2.75, 3.05) is 6.61 Å². The number of hydrogen-bond acceptors (Lipinski definition) is 4. The Morgan fingerprint density at radius 2 is 2.33 bits per heavy atom. The molecule has 1 fully saturated rings. The predicted molar refractivity (Wildman–Crippen MR) is 66.0 cm³/mol. The molecule has 0 bridgehead atoms. The summed E-state index contributed by atoms with van der Waals surface area (Å²) in [6.45, 7) is 2.89. The zero-order valence-corrected chi connectivity index (χ0v) is 10.7. The lowest BCUT2D eigenvalue weighted by molar-refractivity contribution is 0.0993. The zero-order valence-electron chi connectivity index (χ0n) is 10.7. The average Bonchev–Trinajstić information content (AvgIpc) is 2.60. The van der Waals surface area contributed by atoms with Crippen molar-refractivity contribution in [3.05, 3.63) is 11.4 Å². The van der Waals surface area contributed by atoms with Gasteiger partial charge >= 0.3 is 0 Å². The maximum absolute atomic E-state index is 11.4. The van der Waals surface area contributed by atoms with Gasteiger partial charge in [-0.15, -0.1) is 5.10 Å². The van der Waals surface area contributed by atoms with Crippen LogP contribution in [0.4, 0.5) is 0 Å². The lowest BCUT2D eigenvalue weighted by Crippen LogP contribution is -2.22. The van der Waals surface area contributed by atoms with Gasteiger partial charge in [-0.3, -0.25) is 4.79 Å². The summed E-state index contributed by atoms with van der Waals surface area (Å²) >= 11 is 0. The van der Waals surface area contributed by atoms with E-state index >= 15 is 0 Å². The molecule has 6 heteroatoms. The smallest absolute Gasteiger partial charge is 0.271 e. The Morgan fingerprint density at radius 1 is 1.61 bits per heavy atom. The van der Waals surface area contributed by atoms with E-state index in [0.717, 1.165) is 25.0 Å². The van der Waals surface area contributed by atoms with Crippen LogP contribution in [0, 0.1) is 5.92 Å². The topological polar surface area (TPSA) is 94.0 Å². The van der Waals surface area contributed by atoms with Gasteiger partial charge in [0, 0.05) is 19.1 Å². The van der Waals surface area contributed by atoms with E-state index in [9.17, 15) is 4.79 Å². The molecule has 1 atom stereocenters. The van der Waals surface area contributed by atoms with Crippen molar-refractivity contribution in [1.82, 2.24) is 15.0 Å². The minimum absolute atomic E-state index is 0.164. The van der Waals surface area contributed by atoms with Crippen LogP contribution in [0.5, 0.6) is 0 Å². The van der Waals surface area contributed by atoms with E-state index in [4.69, 9.17) is 10.8 Å². The van der Waals surface area contributed by atoms with E-state index in [2.05, 4.69) is 10.3 Å². The zero-order chi connectivity index (χ0) is 13.1. The van der Waals surface area contributed by atoms with Gasteiger partial charge in [-0.1, -0.05) is 18.6 Å². The highest BCUT2D eigenvalue weighted by molar-refractivity contribution is 5.92. The molecule has 0 radical (unpaired) electrons. The van der Waals surface area contributed by atoms with Crippen molar-refractivity contribution in [2.24, 2.45) is 11.7 Å². The molecule has 0 aliphatic heterocycles. The first-order valence-electron chi connectivity index (χ1n) is 6.47. The maximum atomic E-state index is 11.4. The Morgan fingerprint density at radius 3 is 2.83 bits per heavy atom. The summed E-state index contributed by atoms with van der Waals surface area (Å²) < 4.78 is 1.80. The minimum Gasteiger partial charge on any atom is -0.396 e. The number of hydrogen-bond donors (Lipinski definition) is 2. The number of rotatable bonds is 6. The van der Waals surface area contributed by atoms with Crippen LogP contribution in [-0.2, 0) is 6.54 Å².